The molecule has 2 saturated heterocycles. The smallest absolute Gasteiger partial charge is 0.343 e. The molecule has 2 aliphatic rings. The van der Waals surface area contributed by atoms with Crippen LogP contribution in [-0.4, -0.2) is 71.4 Å². The highest BCUT2D eigenvalue weighted by Gasteiger charge is 2.41. The average molecular weight is 545 g/mol. The minimum atomic E-state index is -4.39. The van der Waals surface area contributed by atoms with Crippen molar-refractivity contribution < 1.29 is 22.8 Å². The number of rotatable bonds is 4. The van der Waals surface area contributed by atoms with Crippen LogP contribution in [0.4, 0.5) is 18.0 Å². The van der Waals surface area contributed by atoms with Crippen molar-refractivity contribution in [2.75, 3.05) is 32.7 Å². The van der Waals surface area contributed by atoms with E-state index in [2.05, 4.69) is 31.0 Å². The minimum Gasteiger partial charge on any atom is -0.343 e. The van der Waals surface area contributed by atoms with Gasteiger partial charge in [0.15, 0.2) is 0 Å². The lowest BCUT2D eigenvalue weighted by Crippen LogP contribution is -2.63. The Balaban J connectivity index is 1.54. The summed E-state index contributed by atoms with van der Waals surface area (Å²) in [5, 5.41) is 3.20. The average Bonchev–Trinajstić information content (AvgIpc) is 2.89. The third kappa shape index (κ3) is 6.93. The maximum atomic E-state index is 13.5. The lowest BCUT2D eigenvalue weighted by Gasteiger charge is -2.49. The van der Waals surface area contributed by atoms with Crippen molar-refractivity contribution >= 4 is 11.9 Å². The maximum absolute atomic E-state index is 13.5. The number of hydrogen-bond donors (Lipinski definition) is 1. The number of hydrogen-bond acceptors (Lipinski definition) is 3. The van der Waals surface area contributed by atoms with E-state index in [1.165, 1.54) is 0 Å². The lowest BCUT2D eigenvalue weighted by molar-refractivity contribution is -0.137. The van der Waals surface area contributed by atoms with Gasteiger partial charge in [-0.2, -0.15) is 13.2 Å². The fourth-order valence-electron chi connectivity index (χ4n) is 5.72. The van der Waals surface area contributed by atoms with Crippen molar-refractivity contribution in [3.8, 4) is 0 Å². The molecular weight excluding hydrogens is 505 g/mol. The van der Waals surface area contributed by atoms with Crippen LogP contribution < -0.4 is 5.32 Å². The van der Waals surface area contributed by atoms with E-state index in [-0.39, 0.29) is 35.5 Å². The van der Waals surface area contributed by atoms with Gasteiger partial charge in [-0.3, -0.25) is 9.69 Å². The van der Waals surface area contributed by atoms with Gasteiger partial charge in [-0.15, -0.1) is 0 Å². The molecule has 0 bridgehead atoms. The van der Waals surface area contributed by atoms with Gasteiger partial charge in [-0.25, -0.2) is 4.79 Å². The van der Waals surface area contributed by atoms with E-state index in [9.17, 15) is 22.8 Å². The number of benzene rings is 2. The molecule has 2 fully saturated rings. The molecule has 2 atom stereocenters. The highest BCUT2D eigenvalue weighted by atomic mass is 19.4. The summed E-state index contributed by atoms with van der Waals surface area (Å²) >= 11 is 0. The minimum absolute atomic E-state index is 0.0240. The van der Waals surface area contributed by atoms with Crippen LogP contribution in [0.2, 0.25) is 0 Å². The van der Waals surface area contributed by atoms with E-state index in [0.29, 0.717) is 32.7 Å². The Morgan fingerprint density at radius 2 is 1.46 bits per heavy atom. The van der Waals surface area contributed by atoms with Crippen molar-refractivity contribution in [3.63, 3.8) is 0 Å². The molecule has 2 heterocycles. The first-order chi connectivity index (χ1) is 18.3. The van der Waals surface area contributed by atoms with Gasteiger partial charge in [0.05, 0.1) is 17.6 Å². The van der Waals surface area contributed by atoms with Crippen molar-refractivity contribution in [2.24, 2.45) is 5.41 Å². The molecule has 2 unspecified atom stereocenters. The van der Waals surface area contributed by atoms with E-state index in [0.717, 1.165) is 36.1 Å². The first kappa shape index (κ1) is 28.9. The van der Waals surface area contributed by atoms with Crippen LogP contribution >= 0.6 is 0 Å². The summed E-state index contributed by atoms with van der Waals surface area (Å²) < 4.78 is 39.8. The number of amides is 3. The van der Waals surface area contributed by atoms with Crippen LogP contribution in [-0.2, 0) is 11.0 Å². The van der Waals surface area contributed by atoms with E-state index in [4.69, 9.17) is 0 Å². The molecule has 6 nitrogen and oxygen atoms in total. The number of likely N-dealkylation sites (tertiary alicyclic amines) is 1. The zero-order valence-electron chi connectivity index (χ0n) is 23.2. The Labute approximate surface area is 229 Å². The van der Waals surface area contributed by atoms with Gasteiger partial charge in [-0.1, -0.05) is 63.2 Å². The van der Waals surface area contributed by atoms with Crippen LogP contribution in [0.1, 0.15) is 63.3 Å². The standard InChI is InChI=1S/C30H39F3N4O2/c1-21(38)35-16-14-25(15-17-35)34-28(39)37-19-18-36(20-26(37)29(2,3)4)27(22-8-6-5-7-9-22)23-10-12-24(13-11-23)30(31,32)33/h5-13,25-27H,14-20H2,1-4H3,(H,34,39). The highest BCUT2D eigenvalue weighted by molar-refractivity contribution is 5.75. The number of nitrogens with one attached hydrogen (secondary N) is 1. The predicted molar refractivity (Wildman–Crippen MR) is 145 cm³/mol. The number of piperidine rings is 1. The summed E-state index contributed by atoms with van der Waals surface area (Å²) in [5.74, 6) is 0.0599. The Bertz CT molecular complexity index is 1120. The van der Waals surface area contributed by atoms with Crippen molar-refractivity contribution in [3.05, 3.63) is 71.3 Å². The molecule has 4 rings (SSSR count). The Morgan fingerprint density at radius 1 is 0.872 bits per heavy atom. The molecule has 9 heteroatoms. The van der Waals surface area contributed by atoms with E-state index in [1.807, 2.05) is 40.1 Å². The van der Waals surface area contributed by atoms with Crippen molar-refractivity contribution in [2.45, 2.75) is 64.8 Å². The molecule has 0 spiro atoms. The second-order valence-electron chi connectivity index (χ2n) is 11.7. The number of carbonyl (C=O) groups excluding carboxylic acids is 2. The summed E-state index contributed by atoms with van der Waals surface area (Å²) in [7, 11) is 0. The quantitative estimate of drug-likeness (QED) is 0.550. The molecule has 212 valence electrons. The summed E-state index contributed by atoms with van der Waals surface area (Å²) in [4.78, 5) is 31.2. The molecule has 1 N–H and O–H groups in total. The number of carbonyl (C=O) groups is 2. The molecule has 0 aliphatic carbocycles. The van der Waals surface area contributed by atoms with Crippen molar-refractivity contribution in [1.82, 2.24) is 20.0 Å². The summed E-state index contributed by atoms with van der Waals surface area (Å²) in [5.41, 5.74) is 0.897. The molecule has 0 saturated carbocycles. The van der Waals surface area contributed by atoms with Gasteiger partial charge in [-0.05, 0) is 41.5 Å². The summed E-state index contributed by atoms with van der Waals surface area (Å²) in [6.45, 7) is 10.9. The number of piperazine rings is 1. The molecular formula is C30H39F3N4O2. The molecule has 0 aromatic heterocycles. The Hall–Kier alpha value is -3.07. The van der Waals surface area contributed by atoms with Crippen molar-refractivity contribution in [1.29, 1.82) is 0 Å². The molecule has 0 radical (unpaired) electrons. The fraction of sp³-hybridized carbons (Fsp3) is 0.533. The number of alkyl halides is 3. The molecule has 2 aliphatic heterocycles. The zero-order chi connectivity index (χ0) is 28.4. The van der Waals surface area contributed by atoms with Gasteiger partial charge in [0.1, 0.15) is 0 Å². The SMILES string of the molecule is CC(=O)N1CCC(NC(=O)N2CCN(C(c3ccccc3)c3ccc(C(F)(F)F)cc3)CC2C(C)(C)C)CC1. The Morgan fingerprint density at radius 3 is 2.00 bits per heavy atom. The van der Waals surface area contributed by atoms with Gasteiger partial charge in [0.25, 0.3) is 0 Å². The normalized spacial score (nSPS) is 20.5. The predicted octanol–water partition coefficient (Wildman–Crippen LogP) is 5.55. The molecule has 2 aromatic rings. The number of urea groups is 1. The topological polar surface area (TPSA) is 55.9 Å². The fourth-order valence-corrected chi connectivity index (χ4v) is 5.72. The van der Waals surface area contributed by atoms with Gasteiger partial charge in [0, 0.05) is 45.7 Å². The highest BCUT2D eigenvalue weighted by Crippen LogP contribution is 2.36. The largest absolute Gasteiger partial charge is 0.416 e. The summed E-state index contributed by atoms with van der Waals surface area (Å²) in [6, 6.07) is 14.8. The zero-order valence-corrected chi connectivity index (χ0v) is 23.2. The van der Waals surface area contributed by atoms with Gasteiger partial charge in [0.2, 0.25) is 5.91 Å². The first-order valence-electron chi connectivity index (χ1n) is 13.6. The van der Waals surface area contributed by atoms with Crippen LogP contribution in [0.5, 0.6) is 0 Å². The third-order valence-corrected chi connectivity index (χ3v) is 7.97. The monoisotopic (exact) mass is 544 g/mol. The second-order valence-corrected chi connectivity index (χ2v) is 11.7. The molecule has 3 amide bonds. The van der Waals surface area contributed by atoms with Crippen LogP contribution in [0.15, 0.2) is 54.6 Å². The lowest BCUT2D eigenvalue weighted by atomic mass is 9.83. The number of nitrogens with zero attached hydrogens (tertiary/aromatic N) is 3. The van der Waals surface area contributed by atoms with Crippen LogP contribution in [0.25, 0.3) is 0 Å². The van der Waals surface area contributed by atoms with Crippen LogP contribution in [0.3, 0.4) is 0 Å². The molecule has 39 heavy (non-hydrogen) atoms. The molecule has 2 aromatic carbocycles. The van der Waals surface area contributed by atoms with Gasteiger partial charge >= 0.3 is 12.2 Å². The van der Waals surface area contributed by atoms with Gasteiger partial charge < -0.3 is 15.1 Å². The third-order valence-electron chi connectivity index (χ3n) is 7.97. The van der Waals surface area contributed by atoms with Crippen LogP contribution in [0, 0.1) is 5.41 Å². The van der Waals surface area contributed by atoms with E-state index >= 15 is 0 Å². The second kappa shape index (κ2) is 11.6. The maximum Gasteiger partial charge on any atom is 0.416 e. The number of halogens is 3. The Kier molecular flexibility index (Phi) is 8.59. The van der Waals surface area contributed by atoms with E-state index in [1.54, 1.807) is 19.1 Å². The summed E-state index contributed by atoms with van der Waals surface area (Å²) in [6.07, 6.45) is -2.93. The van der Waals surface area contributed by atoms with E-state index < -0.39 is 11.7 Å². The first-order valence-corrected chi connectivity index (χ1v) is 13.6.